The lowest BCUT2D eigenvalue weighted by molar-refractivity contribution is -0.123. The predicted molar refractivity (Wildman–Crippen MR) is 54.7 cm³/mol. The summed E-state index contributed by atoms with van der Waals surface area (Å²) in [5, 5.41) is 2.84. The van der Waals surface area contributed by atoms with Crippen molar-refractivity contribution in [2.75, 3.05) is 20.3 Å². The van der Waals surface area contributed by atoms with Gasteiger partial charge in [0, 0.05) is 13.7 Å². The van der Waals surface area contributed by atoms with Crippen LogP contribution in [0.15, 0.2) is 0 Å². The molecule has 1 aliphatic rings. The molecule has 1 fully saturated rings. The molecule has 0 aliphatic heterocycles. The van der Waals surface area contributed by atoms with Gasteiger partial charge in [-0.25, -0.2) is 0 Å². The van der Waals surface area contributed by atoms with E-state index < -0.39 is 6.04 Å². The minimum Gasteiger partial charge on any atom is -0.383 e. The van der Waals surface area contributed by atoms with E-state index in [4.69, 9.17) is 10.5 Å². The van der Waals surface area contributed by atoms with Crippen LogP contribution in [0.1, 0.15) is 20.3 Å². The fourth-order valence-corrected chi connectivity index (χ4v) is 1.53. The van der Waals surface area contributed by atoms with Crippen molar-refractivity contribution in [1.29, 1.82) is 0 Å². The maximum atomic E-state index is 11.4. The molecule has 0 aromatic carbocycles. The second kappa shape index (κ2) is 4.28. The van der Waals surface area contributed by atoms with E-state index in [0.29, 0.717) is 11.3 Å². The Morgan fingerprint density at radius 2 is 2.29 bits per heavy atom. The number of nitrogens with two attached hydrogens (primary N) is 1. The number of hydrogen-bond donors (Lipinski definition) is 2. The van der Waals surface area contributed by atoms with Gasteiger partial charge in [0.1, 0.15) is 6.04 Å². The van der Waals surface area contributed by atoms with Gasteiger partial charge in [0.25, 0.3) is 0 Å². The first-order valence-corrected chi connectivity index (χ1v) is 4.99. The Labute approximate surface area is 85.2 Å². The van der Waals surface area contributed by atoms with Gasteiger partial charge in [0.15, 0.2) is 0 Å². The van der Waals surface area contributed by atoms with Crippen LogP contribution in [-0.4, -0.2) is 32.2 Å². The average molecular weight is 200 g/mol. The van der Waals surface area contributed by atoms with Gasteiger partial charge in [-0.1, -0.05) is 13.8 Å². The van der Waals surface area contributed by atoms with E-state index in [0.717, 1.165) is 6.54 Å². The molecule has 0 aromatic heterocycles. The number of amides is 1. The number of methoxy groups -OCH3 is 1. The number of carbonyl (C=O) groups is 1. The monoisotopic (exact) mass is 200 g/mol. The van der Waals surface area contributed by atoms with Crippen molar-refractivity contribution in [2.24, 2.45) is 17.1 Å². The summed E-state index contributed by atoms with van der Waals surface area (Å²) in [6, 6.07) is -0.540. The van der Waals surface area contributed by atoms with Crippen LogP contribution in [0, 0.1) is 11.3 Å². The number of ether oxygens (including phenoxy) is 1. The molecule has 82 valence electrons. The Morgan fingerprint density at radius 3 is 2.71 bits per heavy atom. The SMILES string of the molecule is COCC(N)C(=O)NCC1CC1(C)C. The van der Waals surface area contributed by atoms with Crippen molar-refractivity contribution in [3.05, 3.63) is 0 Å². The Bertz CT molecular complexity index is 216. The van der Waals surface area contributed by atoms with E-state index >= 15 is 0 Å². The lowest BCUT2D eigenvalue weighted by Crippen LogP contribution is -2.44. The van der Waals surface area contributed by atoms with E-state index in [1.807, 2.05) is 0 Å². The molecular weight excluding hydrogens is 180 g/mol. The van der Waals surface area contributed by atoms with Crippen LogP contribution in [0.2, 0.25) is 0 Å². The quantitative estimate of drug-likeness (QED) is 0.662. The highest BCUT2D eigenvalue weighted by atomic mass is 16.5. The molecule has 4 nitrogen and oxygen atoms in total. The second-order valence-corrected chi connectivity index (χ2v) is 4.70. The smallest absolute Gasteiger partial charge is 0.239 e. The zero-order valence-corrected chi connectivity index (χ0v) is 9.17. The molecule has 1 aliphatic carbocycles. The van der Waals surface area contributed by atoms with Crippen molar-refractivity contribution in [2.45, 2.75) is 26.3 Å². The van der Waals surface area contributed by atoms with E-state index in [1.54, 1.807) is 0 Å². The summed E-state index contributed by atoms with van der Waals surface area (Å²) in [5.41, 5.74) is 5.97. The van der Waals surface area contributed by atoms with E-state index in [2.05, 4.69) is 19.2 Å². The molecule has 1 rings (SSSR count). The van der Waals surface area contributed by atoms with E-state index in [9.17, 15) is 4.79 Å². The molecule has 0 bridgehead atoms. The standard InChI is InChI=1S/C10H20N2O2/c1-10(2)4-7(10)5-12-9(13)8(11)6-14-3/h7-8H,4-6,11H2,1-3H3,(H,12,13). The lowest BCUT2D eigenvalue weighted by Gasteiger charge is -2.11. The fourth-order valence-electron chi connectivity index (χ4n) is 1.53. The van der Waals surface area contributed by atoms with Gasteiger partial charge in [0.05, 0.1) is 6.61 Å². The second-order valence-electron chi connectivity index (χ2n) is 4.70. The molecule has 0 heterocycles. The number of rotatable bonds is 5. The van der Waals surface area contributed by atoms with Crippen LogP contribution < -0.4 is 11.1 Å². The highest BCUT2D eigenvalue weighted by Crippen LogP contribution is 2.50. The molecule has 1 saturated carbocycles. The van der Waals surface area contributed by atoms with Crippen LogP contribution in [0.4, 0.5) is 0 Å². The molecular formula is C10H20N2O2. The summed E-state index contributed by atoms with van der Waals surface area (Å²) in [5.74, 6) is 0.496. The van der Waals surface area contributed by atoms with Crippen molar-refractivity contribution in [1.82, 2.24) is 5.32 Å². The predicted octanol–water partition coefficient (Wildman–Crippen LogP) is 0.122. The molecule has 1 amide bonds. The Hall–Kier alpha value is -0.610. The molecule has 14 heavy (non-hydrogen) atoms. The third-order valence-corrected chi connectivity index (χ3v) is 2.92. The normalized spacial score (nSPS) is 25.6. The van der Waals surface area contributed by atoms with Crippen molar-refractivity contribution in [3.8, 4) is 0 Å². The van der Waals surface area contributed by atoms with Gasteiger partial charge in [-0.2, -0.15) is 0 Å². The van der Waals surface area contributed by atoms with Crippen molar-refractivity contribution >= 4 is 5.91 Å². The largest absolute Gasteiger partial charge is 0.383 e. The van der Waals surface area contributed by atoms with Crippen LogP contribution in [0.25, 0.3) is 0 Å². The topological polar surface area (TPSA) is 64.3 Å². The number of nitrogens with one attached hydrogen (secondary N) is 1. The van der Waals surface area contributed by atoms with Crippen LogP contribution in [0.3, 0.4) is 0 Å². The third-order valence-electron chi connectivity index (χ3n) is 2.92. The van der Waals surface area contributed by atoms with Gasteiger partial charge in [-0.05, 0) is 17.8 Å². The molecule has 0 radical (unpaired) electrons. The maximum absolute atomic E-state index is 11.4. The maximum Gasteiger partial charge on any atom is 0.239 e. The minimum absolute atomic E-state index is 0.116. The third kappa shape index (κ3) is 2.96. The summed E-state index contributed by atoms with van der Waals surface area (Å²) in [4.78, 5) is 11.4. The first-order chi connectivity index (χ1) is 6.47. The highest BCUT2D eigenvalue weighted by Gasteiger charge is 2.45. The minimum atomic E-state index is -0.540. The molecule has 0 spiro atoms. The van der Waals surface area contributed by atoms with E-state index in [1.165, 1.54) is 13.5 Å². The van der Waals surface area contributed by atoms with Crippen molar-refractivity contribution in [3.63, 3.8) is 0 Å². The zero-order chi connectivity index (χ0) is 10.8. The molecule has 4 heteroatoms. The van der Waals surface area contributed by atoms with Gasteiger partial charge >= 0.3 is 0 Å². The van der Waals surface area contributed by atoms with Crippen molar-refractivity contribution < 1.29 is 9.53 Å². The lowest BCUT2D eigenvalue weighted by atomic mass is 10.1. The molecule has 0 aromatic rings. The molecule has 2 atom stereocenters. The summed E-state index contributed by atoms with van der Waals surface area (Å²) >= 11 is 0. The molecule has 0 saturated heterocycles. The number of hydrogen-bond acceptors (Lipinski definition) is 3. The van der Waals surface area contributed by atoms with Gasteiger partial charge in [-0.3, -0.25) is 4.79 Å². The first kappa shape index (κ1) is 11.5. The Balaban J connectivity index is 2.16. The number of carbonyl (C=O) groups excluding carboxylic acids is 1. The Morgan fingerprint density at radius 1 is 1.71 bits per heavy atom. The van der Waals surface area contributed by atoms with Gasteiger partial charge in [-0.15, -0.1) is 0 Å². The van der Waals surface area contributed by atoms with Crippen LogP contribution >= 0.6 is 0 Å². The summed E-state index contributed by atoms with van der Waals surface area (Å²) in [6.45, 7) is 5.43. The van der Waals surface area contributed by atoms with Crippen LogP contribution in [-0.2, 0) is 9.53 Å². The van der Waals surface area contributed by atoms with E-state index in [-0.39, 0.29) is 12.5 Å². The Kier molecular flexibility index (Phi) is 3.50. The summed E-state index contributed by atoms with van der Waals surface area (Å²) < 4.78 is 4.80. The summed E-state index contributed by atoms with van der Waals surface area (Å²) in [7, 11) is 1.54. The average Bonchev–Trinajstić information content (AvgIpc) is 2.70. The van der Waals surface area contributed by atoms with Gasteiger partial charge < -0.3 is 15.8 Å². The van der Waals surface area contributed by atoms with Gasteiger partial charge in [0.2, 0.25) is 5.91 Å². The van der Waals surface area contributed by atoms with Crippen LogP contribution in [0.5, 0.6) is 0 Å². The zero-order valence-electron chi connectivity index (χ0n) is 9.17. The molecule has 3 N–H and O–H groups in total. The fraction of sp³-hybridized carbons (Fsp3) is 0.900. The highest BCUT2D eigenvalue weighted by molar-refractivity contribution is 5.81. The first-order valence-electron chi connectivity index (χ1n) is 4.99. The summed E-state index contributed by atoms with van der Waals surface area (Å²) in [6.07, 6.45) is 1.19. The molecule has 2 unspecified atom stereocenters.